The zero-order chi connectivity index (χ0) is 20.4. The monoisotopic (exact) mass is 396 g/mol. The first-order chi connectivity index (χ1) is 14.1. The minimum absolute atomic E-state index is 0.0179. The van der Waals surface area contributed by atoms with Crippen LogP contribution in [0.2, 0.25) is 0 Å². The molecule has 1 aromatic carbocycles. The fourth-order valence-corrected chi connectivity index (χ4v) is 3.92. The van der Waals surface area contributed by atoms with Crippen molar-refractivity contribution in [3.05, 3.63) is 47.7 Å². The number of aromatic amines is 1. The molecular formula is C20H24N6O3. The number of carbonyl (C=O) groups is 1. The van der Waals surface area contributed by atoms with Crippen LogP contribution in [0.3, 0.4) is 0 Å². The molecule has 3 heterocycles. The number of anilines is 1. The van der Waals surface area contributed by atoms with Crippen molar-refractivity contribution in [1.29, 1.82) is 0 Å². The van der Waals surface area contributed by atoms with Crippen molar-refractivity contribution in [1.82, 2.24) is 25.4 Å². The van der Waals surface area contributed by atoms with Crippen molar-refractivity contribution in [3.8, 4) is 5.88 Å². The molecule has 0 radical (unpaired) electrons. The fourth-order valence-electron chi connectivity index (χ4n) is 3.92. The number of fused-ring (bicyclic) bond motifs is 1. The largest absolute Gasteiger partial charge is 0.479 e. The molecule has 152 valence electrons. The summed E-state index contributed by atoms with van der Waals surface area (Å²) in [6.45, 7) is 1.34. The number of nitrogens with one attached hydrogen (secondary N) is 3. The van der Waals surface area contributed by atoms with Gasteiger partial charge in [-0.2, -0.15) is 0 Å². The number of carbonyl (C=O) groups excluding carboxylic acids is 1. The number of aliphatic hydroxyl groups is 1. The maximum absolute atomic E-state index is 12.7. The second-order valence-corrected chi connectivity index (χ2v) is 7.21. The van der Waals surface area contributed by atoms with Crippen LogP contribution in [0.1, 0.15) is 17.2 Å². The standard InChI is InChI=1S/C20H24N6O3/c1-26-9-13(12-6-4-3-5-7-12)15(10-26)22-20(28)23-17-8-14-18(16(11-27)21-17)19(29-2)25-24-14/h3-8,13,15,27H,9-11H2,1-2H3,(H,24,25)(H2,21,22,23,28). The van der Waals surface area contributed by atoms with Crippen LogP contribution in [0.15, 0.2) is 36.4 Å². The third kappa shape index (κ3) is 3.87. The number of H-pyrrole nitrogens is 1. The Morgan fingerprint density at radius 2 is 2.14 bits per heavy atom. The molecule has 4 N–H and O–H groups in total. The van der Waals surface area contributed by atoms with Gasteiger partial charge in [-0.15, -0.1) is 5.10 Å². The predicted octanol–water partition coefficient (Wildman–Crippen LogP) is 1.68. The van der Waals surface area contributed by atoms with Gasteiger partial charge in [-0.3, -0.25) is 10.4 Å². The highest BCUT2D eigenvalue weighted by Gasteiger charge is 2.33. The summed E-state index contributed by atoms with van der Waals surface area (Å²) < 4.78 is 5.19. The molecule has 9 heteroatoms. The molecule has 29 heavy (non-hydrogen) atoms. The molecule has 0 aliphatic carbocycles. The minimum atomic E-state index is -0.339. The zero-order valence-corrected chi connectivity index (χ0v) is 16.3. The molecule has 0 spiro atoms. The van der Waals surface area contributed by atoms with Crippen molar-refractivity contribution < 1.29 is 14.6 Å². The first kappa shape index (κ1) is 19.2. The Hall–Kier alpha value is -3.17. The number of aromatic nitrogens is 3. The third-order valence-electron chi connectivity index (χ3n) is 5.22. The van der Waals surface area contributed by atoms with Gasteiger partial charge >= 0.3 is 6.03 Å². The van der Waals surface area contributed by atoms with Crippen molar-refractivity contribution in [2.24, 2.45) is 0 Å². The average molecular weight is 396 g/mol. The maximum atomic E-state index is 12.7. The van der Waals surface area contributed by atoms with Crippen LogP contribution in [0.25, 0.3) is 10.9 Å². The average Bonchev–Trinajstić information content (AvgIpc) is 3.30. The number of methoxy groups -OCH3 is 1. The number of hydrogen-bond acceptors (Lipinski definition) is 6. The second-order valence-electron chi connectivity index (χ2n) is 7.21. The highest BCUT2D eigenvalue weighted by Crippen LogP contribution is 2.28. The molecule has 2 amide bonds. The number of aliphatic hydroxyl groups excluding tert-OH is 1. The van der Waals surface area contributed by atoms with Gasteiger partial charge in [-0.25, -0.2) is 9.78 Å². The van der Waals surface area contributed by atoms with Gasteiger partial charge < -0.3 is 20.1 Å². The topological polar surface area (TPSA) is 115 Å². The Bertz CT molecular complexity index is 1010. The quantitative estimate of drug-likeness (QED) is 0.522. The summed E-state index contributed by atoms with van der Waals surface area (Å²) in [4.78, 5) is 19.2. The number of rotatable bonds is 5. The van der Waals surface area contributed by atoms with Crippen molar-refractivity contribution in [3.63, 3.8) is 0 Å². The van der Waals surface area contributed by atoms with E-state index in [1.54, 1.807) is 6.07 Å². The minimum Gasteiger partial charge on any atom is -0.479 e. The Labute approximate surface area is 168 Å². The molecular weight excluding hydrogens is 372 g/mol. The van der Waals surface area contributed by atoms with E-state index in [2.05, 4.69) is 42.8 Å². The van der Waals surface area contributed by atoms with Gasteiger partial charge in [-0.05, 0) is 12.6 Å². The number of likely N-dealkylation sites (tertiary alicyclic amines) is 1. The number of likely N-dealkylation sites (N-methyl/N-ethyl adjacent to an activating group) is 1. The Morgan fingerprint density at radius 1 is 1.34 bits per heavy atom. The lowest BCUT2D eigenvalue weighted by Gasteiger charge is -2.20. The maximum Gasteiger partial charge on any atom is 0.320 e. The number of benzene rings is 1. The third-order valence-corrected chi connectivity index (χ3v) is 5.22. The number of ether oxygens (including phenoxy) is 1. The van der Waals surface area contributed by atoms with Crippen LogP contribution in [-0.2, 0) is 6.61 Å². The second kappa shape index (κ2) is 8.06. The number of pyridine rings is 1. The molecule has 1 aliphatic rings. The lowest BCUT2D eigenvalue weighted by molar-refractivity contribution is 0.247. The lowest BCUT2D eigenvalue weighted by atomic mass is 9.94. The lowest BCUT2D eigenvalue weighted by Crippen LogP contribution is -2.42. The van der Waals surface area contributed by atoms with E-state index in [-0.39, 0.29) is 24.6 Å². The summed E-state index contributed by atoms with van der Waals surface area (Å²) in [7, 11) is 3.54. The zero-order valence-electron chi connectivity index (χ0n) is 16.3. The predicted molar refractivity (Wildman–Crippen MR) is 109 cm³/mol. The van der Waals surface area contributed by atoms with Gasteiger partial charge in [0.05, 0.1) is 36.4 Å². The highest BCUT2D eigenvalue weighted by atomic mass is 16.5. The van der Waals surface area contributed by atoms with E-state index in [0.29, 0.717) is 28.3 Å². The van der Waals surface area contributed by atoms with Gasteiger partial charge in [0.25, 0.3) is 0 Å². The van der Waals surface area contributed by atoms with E-state index in [1.807, 2.05) is 25.2 Å². The summed E-state index contributed by atoms with van der Waals surface area (Å²) in [6, 6.07) is 11.5. The van der Waals surface area contributed by atoms with E-state index in [0.717, 1.165) is 13.1 Å². The first-order valence-electron chi connectivity index (χ1n) is 9.43. The SMILES string of the molecule is COc1n[nH]c2cc(NC(=O)NC3CN(C)CC3c3ccccc3)nc(CO)c12. The van der Waals surface area contributed by atoms with Crippen molar-refractivity contribution in [2.75, 3.05) is 32.6 Å². The van der Waals surface area contributed by atoms with Crippen LogP contribution in [0.4, 0.5) is 10.6 Å². The highest BCUT2D eigenvalue weighted by molar-refractivity contribution is 5.93. The molecule has 4 rings (SSSR count). The van der Waals surface area contributed by atoms with E-state index in [9.17, 15) is 9.90 Å². The summed E-state index contributed by atoms with van der Waals surface area (Å²) in [6.07, 6.45) is 0. The van der Waals surface area contributed by atoms with Crippen molar-refractivity contribution in [2.45, 2.75) is 18.6 Å². The van der Waals surface area contributed by atoms with Crippen LogP contribution in [0, 0.1) is 0 Å². The normalized spacial score (nSPS) is 19.4. The van der Waals surface area contributed by atoms with Gasteiger partial charge in [0.15, 0.2) is 0 Å². The van der Waals surface area contributed by atoms with E-state index in [4.69, 9.17) is 4.74 Å². The number of urea groups is 1. The van der Waals surface area contributed by atoms with E-state index < -0.39 is 0 Å². The molecule has 2 unspecified atom stereocenters. The van der Waals surface area contributed by atoms with Gasteiger partial charge in [0, 0.05) is 25.1 Å². The van der Waals surface area contributed by atoms with Gasteiger partial charge in [0.2, 0.25) is 5.88 Å². The summed E-state index contributed by atoms with van der Waals surface area (Å²) in [5, 5.41) is 23.0. The summed E-state index contributed by atoms with van der Waals surface area (Å²) in [5.74, 6) is 0.896. The molecule has 1 saturated heterocycles. The molecule has 0 bridgehead atoms. The van der Waals surface area contributed by atoms with Crippen LogP contribution in [-0.4, -0.2) is 64.5 Å². The molecule has 1 aliphatic heterocycles. The molecule has 2 atom stereocenters. The molecule has 3 aromatic rings. The van der Waals surface area contributed by atoms with Gasteiger partial charge in [0.1, 0.15) is 5.82 Å². The number of amides is 2. The van der Waals surface area contributed by atoms with Crippen LogP contribution >= 0.6 is 0 Å². The fraction of sp³-hybridized carbons (Fsp3) is 0.350. The molecule has 0 saturated carbocycles. The smallest absolute Gasteiger partial charge is 0.320 e. The van der Waals surface area contributed by atoms with Crippen molar-refractivity contribution >= 4 is 22.8 Å². The summed E-state index contributed by atoms with van der Waals surface area (Å²) in [5.41, 5.74) is 2.21. The number of hydrogen-bond donors (Lipinski definition) is 4. The Morgan fingerprint density at radius 3 is 2.86 bits per heavy atom. The molecule has 2 aromatic heterocycles. The molecule has 1 fully saturated rings. The number of nitrogens with zero attached hydrogens (tertiary/aromatic N) is 3. The van der Waals surface area contributed by atoms with Gasteiger partial charge in [-0.1, -0.05) is 30.3 Å². The van der Waals surface area contributed by atoms with Crippen LogP contribution < -0.4 is 15.4 Å². The Balaban J connectivity index is 1.51. The molecule has 9 nitrogen and oxygen atoms in total. The Kier molecular flexibility index (Phi) is 5.32. The van der Waals surface area contributed by atoms with Crippen LogP contribution in [0.5, 0.6) is 5.88 Å². The van der Waals surface area contributed by atoms with E-state index >= 15 is 0 Å². The summed E-state index contributed by atoms with van der Waals surface area (Å²) >= 11 is 0. The van der Waals surface area contributed by atoms with E-state index in [1.165, 1.54) is 12.7 Å². The first-order valence-corrected chi connectivity index (χ1v) is 9.43.